The summed E-state index contributed by atoms with van der Waals surface area (Å²) in [4.78, 5) is 14.5. The van der Waals surface area contributed by atoms with Gasteiger partial charge in [-0.15, -0.1) is 11.6 Å². The zero-order chi connectivity index (χ0) is 14.6. The summed E-state index contributed by atoms with van der Waals surface area (Å²) >= 11 is 5.85. The lowest BCUT2D eigenvalue weighted by molar-refractivity contribution is -0.122. The molecule has 1 aliphatic heterocycles. The molecule has 0 radical (unpaired) electrons. The van der Waals surface area contributed by atoms with E-state index in [4.69, 9.17) is 16.3 Å². The van der Waals surface area contributed by atoms with Crippen molar-refractivity contribution < 1.29 is 9.53 Å². The second-order valence-electron chi connectivity index (χ2n) is 5.59. The predicted molar refractivity (Wildman–Crippen MR) is 82.6 cm³/mol. The largest absolute Gasteiger partial charge is 0.378 e. The Hall–Kier alpha value is -1.26. The minimum absolute atomic E-state index is 0.0618. The van der Waals surface area contributed by atoms with E-state index in [9.17, 15) is 4.79 Å². The molecule has 1 heterocycles. The molecule has 2 rings (SSSR count). The van der Waals surface area contributed by atoms with E-state index >= 15 is 0 Å². The van der Waals surface area contributed by atoms with Gasteiger partial charge in [-0.1, -0.05) is 12.1 Å². The van der Waals surface area contributed by atoms with Gasteiger partial charge < -0.3 is 15.0 Å². The molecule has 1 amide bonds. The summed E-state index contributed by atoms with van der Waals surface area (Å²) in [5, 5.41) is 2.99. The Kier molecular flexibility index (Phi) is 4.89. The number of alkyl halides is 1. The van der Waals surface area contributed by atoms with Crippen molar-refractivity contribution in [2.24, 2.45) is 5.41 Å². The Bertz CT molecular complexity index is 471. The maximum absolute atomic E-state index is 12.3. The zero-order valence-electron chi connectivity index (χ0n) is 12.0. The molecule has 0 unspecified atom stereocenters. The third-order valence-corrected chi connectivity index (χ3v) is 4.12. The fraction of sp³-hybridized carbons (Fsp3) is 0.533. The normalized spacial score (nSPS) is 16.1. The number of anilines is 2. The van der Waals surface area contributed by atoms with Crippen LogP contribution in [0.4, 0.5) is 11.4 Å². The average molecular weight is 297 g/mol. The average Bonchev–Trinajstić information content (AvgIpc) is 2.48. The maximum Gasteiger partial charge on any atom is 0.231 e. The molecule has 0 atom stereocenters. The molecule has 0 spiro atoms. The second kappa shape index (κ2) is 6.46. The van der Waals surface area contributed by atoms with Gasteiger partial charge in [0.05, 0.1) is 30.0 Å². The van der Waals surface area contributed by atoms with E-state index in [1.807, 2.05) is 38.1 Å². The van der Waals surface area contributed by atoms with Gasteiger partial charge in [0.1, 0.15) is 0 Å². The molecule has 1 aromatic carbocycles. The van der Waals surface area contributed by atoms with Crippen LogP contribution in [0.25, 0.3) is 0 Å². The maximum atomic E-state index is 12.3. The molecule has 1 aromatic rings. The van der Waals surface area contributed by atoms with Gasteiger partial charge in [0.25, 0.3) is 0 Å². The van der Waals surface area contributed by atoms with Crippen molar-refractivity contribution in [3.63, 3.8) is 0 Å². The van der Waals surface area contributed by atoms with Crippen LogP contribution in [0.2, 0.25) is 0 Å². The summed E-state index contributed by atoms with van der Waals surface area (Å²) in [5.74, 6) is 0.228. The summed E-state index contributed by atoms with van der Waals surface area (Å²) in [6.45, 7) is 6.79. The van der Waals surface area contributed by atoms with Crippen molar-refractivity contribution in [1.29, 1.82) is 0 Å². The van der Waals surface area contributed by atoms with Gasteiger partial charge in [-0.25, -0.2) is 0 Å². The monoisotopic (exact) mass is 296 g/mol. The lowest BCUT2D eigenvalue weighted by atomic mass is 9.95. The first-order chi connectivity index (χ1) is 9.54. The summed E-state index contributed by atoms with van der Waals surface area (Å²) in [6.07, 6.45) is 0. The second-order valence-corrected chi connectivity index (χ2v) is 5.86. The van der Waals surface area contributed by atoms with Gasteiger partial charge in [-0.2, -0.15) is 0 Å². The SMILES string of the molecule is CC(C)(CCl)C(=O)Nc1ccccc1N1CCOCC1. The summed E-state index contributed by atoms with van der Waals surface area (Å²) < 4.78 is 5.37. The first-order valence-corrected chi connectivity index (χ1v) is 7.37. The predicted octanol–water partition coefficient (Wildman–Crippen LogP) is 2.73. The Morgan fingerprint density at radius 3 is 2.65 bits per heavy atom. The third kappa shape index (κ3) is 3.44. The highest BCUT2D eigenvalue weighted by atomic mass is 35.5. The minimum Gasteiger partial charge on any atom is -0.378 e. The Balaban J connectivity index is 2.17. The molecule has 0 aliphatic carbocycles. The van der Waals surface area contributed by atoms with Crippen molar-refractivity contribution >= 4 is 28.9 Å². The topological polar surface area (TPSA) is 41.6 Å². The number of nitrogens with one attached hydrogen (secondary N) is 1. The number of benzene rings is 1. The highest BCUT2D eigenvalue weighted by molar-refractivity contribution is 6.20. The van der Waals surface area contributed by atoms with Crippen molar-refractivity contribution in [3.05, 3.63) is 24.3 Å². The lowest BCUT2D eigenvalue weighted by Gasteiger charge is -2.31. The van der Waals surface area contributed by atoms with E-state index < -0.39 is 5.41 Å². The third-order valence-electron chi connectivity index (χ3n) is 3.45. The lowest BCUT2D eigenvalue weighted by Crippen LogP contribution is -2.37. The van der Waals surface area contributed by atoms with E-state index in [1.165, 1.54) is 0 Å². The molecule has 0 saturated carbocycles. The van der Waals surface area contributed by atoms with E-state index in [0.717, 1.165) is 37.7 Å². The number of hydrogen-bond donors (Lipinski definition) is 1. The fourth-order valence-electron chi connectivity index (χ4n) is 2.01. The molecule has 4 nitrogen and oxygen atoms in total. The van der Waals surface area contributed by atoms with Crippen molar-refractivity contribution in [2.75, 3.05) is 42.4 Å². The van der Waals surface area contributed by atoms with E-state index in [2.05, 4.69) is 10.2 Å². The Morgan fingerprint density at radius 1 is 1.35 bits per heavy atom. The number of morpholine rings is 1. The van der Waals surface area contributed by atoms with Gasteiger partial charge in [-0.05, 0) is 26.0 Å². The van der Waals surface area contributed by atoms with Crippen LogP contribution in [-0.4, -0.2) is 38.1 Å². The smallest absolute Gasteiger partial charge is 0.231 e. The van der Waals surface area contributed by atoms with Crippen LogP contribution in [0.1, 0.15) is 13.8 Å². The highest BCUT2D eigenvalue weighted by Crippen LogP contribution is 2.28. The quantitative estimate of drug-likeness (QED) is 0.869. The first kappa shape index (κ1) is 15.1. The molecule has 0 bridgehead atoms. The Labute approximate surface area is 125 Å². The molecular formula is C15H21ClN2O2. The Morgan fingerprint density at radius 2 is 2.00 bits per heavy atom. The number of rotatable bonds is 4. The van der Waals surface area contributed by atoms with Gasteiger partial charge in [0.15, 0.2) is 0 Å². The molecule has 5 heteroatoms. The number of carbonyl (C=O) groups is 1. The summed E-state index contributed by atoms with van der Waals surface area (Å²) in [5.41, 5.74) is 1.28. The van der Waals surface area contributed by atoms with Crippen molar-refractivity contribution in [1.82, 2.24) is 0 Å². The van der Waals surface area contributed by atoms with Crippen LogP contribution in [-0.2, 0) is 9.53 Å². The molecule has 1 N–H and O–H groups in total. The van der Waals surface area contributed by atoms with Gasteiger partial charge in [0, 0.05) is 19.0 Å². The van der Waals surface area contributed by atoms with Crippen LogP contribution in [0.3, 0.4) is 0 Å². The van der Waals surface area contributed by atoms with Crippen LogP contribution in [0.5, 0.6) is 0 Å². The van der Waals surface area contributed by atoms with Crippen LogP contribution < -0.4 is 10.2 Å². The molecule has 1 fully saturated rings. The van der Waals surface area contributed by atoms with Crippen LogP contribution in [0.15, 0.2) is 24.3 Å². The number of amides is 1. The fourth-order valence-corrected chi connectivity index (χ4v) is 2.13. The minimum atomic E-state index is -0.584. The molecular weight excluding hydrogens is 276 g/mol. The van der Waals surface area contributed by atoms with Crippen molar-refractivity contribution in [3.8, 4) is 0 Å². The summed E-state index contributed by atoms with van der Waals surface area (Å²) in [6, 6.07) is 7.85. The number of para-hydroxylation sites is 2. The first-order valence-electron chi connectivity index (χ1n) is 6.84. The van der Waals surface area contributed by atoms with Gasteiger partial charge in [-0.3, -0.25) is 4.79 Å². The highest BCUT2D eigenvalue weighted by Gasteiger charge is 2.27. The number of ether oxygens (including phenoxy) is 1. The van der Waals surface area contributed by atoms with Crippen LogP contribution in [0, 0.1) is 5.41 Å². The molecule has 1 saturated heterocycles. The zero-order valence-corrected chi connectivity index (χ0v) is 12.7. The molecule has 20 heavy (non-hydrogen) atoms. The van der Waals surface area contributed by atoms with Gasteiger partial charge >= 0.3 is 0 Å². The molecule has 0 aromatic heterocycles. The van der Waals surface area contributed by atoms with E-state index in [0.29, 0.717) is 5.88 Å². The number of hydrogen-bond acceptors (Lipinski definition) is 3. The standard InChI is InChI=1S/C15H21ClN2O2/c1-15(2,11-16)14(19)17-12-5-3-4-6-13(12)18-7-9-20-10-8-18/h3-6H,7-11H2,1-2H3,(H,17,19). The van der Waals surface area contributed by atoms with E-state index in [1.54, 1.807) is 0 Å². The number of nitrogens with zero attached hydrogens (tertiary/aromatic N) is 1. The summed E-state index contributed by atoms with van der Waals surface area (Å²) in [7, 11) is 0. The number of carbonyl (C=O) groups excluding carboxylic acids is 1. The molecule has 1 aliphatic rings. The van der Waals surface area contributed by atoms with Gasteiger partial charge in [0.2, 0.25) is 5.91 Å². The van der Waals surface area contributed by atoms with Crippen LogP contribution >= 0.6 is 11.6 Å². The van der Waals surface area contributed by atoms with Crippen molar-refractivity contribution in [2.45, 2.75) is 13.8 Å². The molecule has 110 valence electrons. The van der Waals surface area contributed by atoms with E-state index in [-0.39, 0.29) is 5.91 Å². The number of halogens is 1.